The van der Waals surface area contributed by atoms with Crippen LogP contribution in [0, 0.1) is 0 Å². The molecule has 15 heavy (non-hydrogen) atoms. The molecule has 1 unspecified atom stereocenters. The van der Waals surface area contributed by atoms with Crippen molar-refractivity contribution in [3.8, 4) is 0 Å². The Bertz CT molecular complexity index is 427. The topological polar surface area (TPSA) is 77.8 Å². The Morgan fingerprint density at radius 2 is 2.20 bits per heavy atom. The van der Waals surface area contributed by atoms with E-state index in [1.54, 1.807) is 41.5 Å². The Morgan fingerprint density at radius 1 is 1.33 bits per heavy atom. The number of aromatic nitrogens is 2. The van der Waals surface area contributed by atoms with Crippen LogP contribution in [-0.4, -0.2) is 9.97 Å². The maximum atomic E-state index is 6.03. The number of nitrogens with two attached hydrogens (primary N) is 2. The molecule has 78 valence electrons. The summed E-state index contributed by atoms with van der Waals surface area (Å²) in [6.45, 7) is 0. The van der Waals surface area contributed by atoms with E-state index >= 15 is 0 Å². The second-order valence-corrected chi connectivity index (χ2v) is 4.21. The third kappa shape index (κ3) is 2.31. The van der Waals surface area contributed by atoms with Gasteiger partial charge in [0.25, 0.3) is 0 Å². The maximum Gasteiger partial charge on any atom is 0.0794 e. The van der Waals surface area contributed by atoms with Crippen LogP contribution in [0.1, 0.15) is 16.5 Å². The standard InChI is InChI=1S/C10H12N4S/c11-8-1-2-13-4-7(8)3-9(12)10-5-14-6-15-10/h1-2,4-6,9H,3,12H2,(H2,11,13). The lowest BCUT2D eigenvalue weighted by molar-refractivity contribution is 0.733. The van der Waals surface area contributed by atoms with E-state index in [0.29, 0.717) is 6.42 Å². The predicted octanol–water partition coefficient (Wildman–Crippen LogP) is 1.36. The molecule has 0 saturated carbocycles. The summed E-state index contributed by atoms with van der Waals surface area (Å²) < 4.78 is 0. The van der Waals surface area contributed by atoms with E-state index in [4.69, 9.17) is 11.5 Å². The van der Waals surface area contributed by atoms with E-state index in [1.165, 1.54) is 0 Å². The van der Waals surface area contributed by atoms with Crippen LogP contribution in [0.15, 0.2) is 30.2 Å². The Labute approximate surface area is 92.0 Å². The highest BCUT2D eigenvalue weighted by Crippen LogP contribution is 2.21. The minimum absolute atomic E-state index is 0.0519. The molecule has 4 N–H and O–H groups in total. The van der Waals surface area contributed by atoms with Crippen LogP contribution < -0.4 is 11.5 Å². The van der Waals surface area contributed by atoms with Crippen LogP contribution in [0.5, 0.6) is 0 Å². The summed E-state index contributed by atoms with van der Waals surface area (Å²) >= 11 is 1.56. The Kier molecular flexibility index (Phi) is 2.94. The molecule has 0 amide bonds. The highest BCUT2D eigenvalue weighted by atomic mass is 32.1. The molecule has 0 saturated heterocycles. The fourth-order valence-electron chi connectivity index (χ4n) is 1.35. The van der Waals surface area contributed by atoms with Crippen LogP contribution in [0.3, 0.4) is 0 Å². The van der Waals surface area contributed by atoms with Gasteiger partial charge in [-0.3, -0.25) is 9.97 Å². The van der Waals surface area contributed by atoms with Crippen LogP contribution >= 0.6 is 11.3 Å². The molecule has 2 rings (SSSR count). The van der Waals surface area contributed by atoms with E-state index < -0.39 is 0 Å². The van der Waals surface area contributed by atoms with Crippen molar-refractivity contribution in [3.05, 3.63) is 40.6 Å². The van der Waals surface area contributed by atoms with Crippen molar-refractivity contribution in [2.75, 3.05) is 5.73 Å². The predicted molar refractivity (Wildman–Crippen MR) is 61.4 cm³/mol. The number of pyridine rings is 1. The van der Waals surface area contributed by atoms with Crippen molar-refractivity contribution in [3.63, 3.8) is 0 Å². The van der Waals surface area contributed by atoms with Crippen LogP contribution in [-0.2, 0) is 6.42 Å². The Hall–Kier alpha value is -1.46. The summed E-state index contributed by atoms with van der Waals surface area (Å²) in [5, 5.41) is 0. The lowest BCUT2D eigenvalue weighted by atomic mass is 10.1. The van der Waals surface area contributed by atoms with Gasteiger partial charge in [-0.05, 0) is 18.1 Å². The third-order valence-corrected chi connectivity index (χ3v) is 3.11. The molecule has 0 bridgehead atoms. The van der Waals surface area contributed by atoms with Gasteiger partial charge >= 0.3 is 0 Å². The van der Waals surface area contributed by atoms with Crippen molar-refractivity contribution in [2.24, 2.45) is 5.73 Å². The highest BCUT2D eigenvalue weighted by Gasteiger charge is 2.10. The van der Waals surface area contributed by atoms with Gasteiger partial charge in [0.1, 0.15) is 0 Å². The average Bonchev–Trinajstić information content (AvgIpc) is 2.74. The van der Waals surface area contributed by atoms with Gasteiger partial charge in [0.05, 0.1) is 5.51 Å². The summed E-state index contributed by atoms with van der Waals surface area (Å²) in [6, 6.07) is 1.73. The zero-order chi connectivity index (χ0) is 10.7. The van der Waals surface area contributed by atoms with Crippen LogP contribution in [0.4, 0.5) is 5.69 Å². The maximum absolute atomic E-state index is 6.03. The smallest absolute Gasteiger partial charge is 0.0794 e. The normalized spacial score (nSPS) is 12.6. The third-order valence-electron chi connectivity index (χ3n) is 2.20. The number of hydrogen-bond acceptors (Lipinski definition) is 5. The lowest BCUT2D eigenvalue weighted by Crippen LogP contribution is -2.13. The van der Waals surface area contributed by atoms with Crippen molar-refractivity contribution in [1.82, 2.24) is 9.97 Å². The molecular weight excluding hydrogens is 208 g/mol. The van der Waals surface area contributed by atoms with Gasteiger partial charge < -0.3 is 11.5 Å². The molecule has 0 aliphatic carbocycles. The van der Waals surface area contributed by atoms with E-state index in [-0.39, 0.29) is 6.04 Å². The molecule has 1 atom stereocenters. The average molecular weight is 220 g/mol. The summed E-state index contributed by atoms with van der Waals surface area (Å²) in [4.78, 5) is 9.10. The number of rotatable bonds is 3. The summed E-state index contributed by atoms with van der Waals surface area (Å²) in [5.74, 6) is 0. The summed E-state index contributed by atoms with van der Waals surface area (Å²) in [5.41, 5.74) is 15.3. The Balaban J connectivity index is 2.13. The molecule has 0 radical (unpaired) electrons. The minimum Gasteiger partial charge on any atom is -0.398 e. The Morgan fingerprint density at radius 3 is 2.87 bits per heavy atom. The molecule has 0 fully saturated rings. The van der Waals surface area contributed by atoms with Crippen molar-refractivity contribution in [2.45, 2.75) is 12.5 Å². The number of hydrogen-bond donors (Lipinski definition) is 2. The number of thiazole rings is 1. The zero-order valence-corrected chi connectivity index (χ0v) is 8.95. The highest BCUT2D eigenvalue weighted by molar-refractivity contribution is 7.09. The first kappa shape index (κ1) is 10.1. The zero-order valence-electron chi connectivity index (χ0n) is 8.13. The fourth-order valence-corrected chi connectivity index (χ4v) is 1.98. The van der Waals surface area contributed by atoms with Crippen LogP contribution in [0.2, 0.25) is 0 Å². The van der Waals surface area contributed by atoms with E-state index in [0.717, 1.165) is 16.1 Å². The van der Waals surface area contributed by atoms with Crippen LogP contribution in [0.25, 0.3) is 0 Å². The van der Waals surface area contributed by atoms with Gasteiger partial charge in [-0.15, -0.1) is 11.3 Å². The SMILES string of the molecule is Nc1ccncc1CC(N)c1cncs1. The first-order chi connectivity index (χ1) is 7.27. The molecule has 4 nitrogen and oxygen atoms in total. The first-order valence-electron chi connectivity index (χ1n) is 4.59. The van der Waals surface area contributed by atoms with E-state index in [1.807, 2.05) is 0 Å². The summed E-state index contributed by atoms with van der Waals surface area (Å²) in [7, 11) is 0. The molecule has 2 aromatic rings. The molecule has 0 aromatic carbocycles. The van der Waals surface area contributed by atoms with E-state index in [2.05, 4.69) is 9.97 Å². The minimum atomic E-state index is -0.0519. The van der Waals surface area contributed by atoms with Gasteiger partial charge in [0.2, 0.25) is 0 Å². The van der Waals surface area contributed by atoms with Gasteiger partial charge in [0, 0.05) is 35.2 Å². The molecule has 0 spiro atoms. The van der Waals surface area contributed by atoms with E-state index in [9.17, 15) is 0 Å². The van der Waals surface area contributed by atoms with Gasteiger partial charge in [-0.1, -0.05) is 0 Å². The molecule has 2 heterocycles. The largest absolute Gasteiger partial charge is 0.398 e. The molecule has 0 aliphatic rings. The van der Waals surface area contributed by atoms with Gasteiger partial charge in [-0.25, -0.2) is 0 Å². The van der Waals surface area contributed by atoms with Crippen molar-refractivity contribution in [1.29, 1.82) is 0 Å². The van der Waals surface area contributed by atoms with Gasteiger partial charge in [0.15, 0.2) is 0 Å². The van der Waals surface area contributed by atoms with Crippen molar-refractivity contribution < 1.29 is 0 Å². The first-order valence-corrected chi connectivity index (χ1v) is 5.47. The molecule has 2 aromatic heterocycles. The second-order valence-electron chi connectivity index (χ2n) is 3.29. The molecule has 5 heteroatoms. The number of anilines is 1. The molecular formula is C10H12N4S. The quantitative estimate of drug-likeness (QED) is 0.818. The number of nitrogen functional groups attached to an aromatic ring is 1. The monoisotopic (exact) mass is 220 g/mol. The molecule has 0 aliphatic heterocycles. The van der Waals surface area contributed by atoms with Crippen molar-refractivity contribution >= 4 is 17.0 Å². The number of nitrogens with zero attached hydrogens (tertiary/aromatic N) is 2. The van der Waals surface area contributed by atoms with Gasteiger partial charge in [-0.2, -0.15) is 0 Å². The fraction of sp³-hybridized carbons (Fsp3) is 0.200. The lowest BCUT2D eigenvalue weighted by Gasteiger charge is -2.10. The summed E-state index contributed by atoms with van der Waals surface area (Å²) in [6.07, 6.45) is 5.93. The second kappa shape index (κ2) is 4.37.